The molecule has 0 fully saturated rings. The van der Waals surface area contributed by atoms with Gasteiger partial charge >= 0.3 is 0 Å². The van der Waals surface area contributed by atoms with Gasteiger partial charge in [0.1, 0.15) is 0 Å². The maximum atomic E-state index is 12.0. The molecule has 1 aromatic rings. The highest BCUT2D eigenvalue weighted by atomic mass is 32.1. The van der Waals surface area contributed by atoms with E-state index >= 15 is 0 Å². The molecule has 0 saturated heterocycles. The van der Waals surface area contributed by atoms with Crippen LogP contribution in [0, 0.1) is 4.51 Å². The second-order valence-corrected chi connectivity index (χ2v) is 7.12. The van der Waals surface area contributed by atoms with E-state index < -0.39 is 0 Å². The largest absolute Gasteiger partial charge is 0.371 e. The molecule has 0 aliphatic carbocycles. The van der Waals surface area contributed by atoms with E-state index in [0.717, 1.165) is 37.3 Å². The van der Waals surface area contributed by atoms with Gasteiger partial charge in [-0.3, -0.25) is 4.79 Å². The summed E-state index contributed by atoms with van der Waals surface area (Å²) in [5.74, 6) is 0. The van der Waals surface area contributed by atoms with E-state index in [2.05, 4.69) is 44.5 Å². The third kappa shape index (κ3) is 3.89. The minimum Gasteiger partial charge on any atom is -0.371 e. The SMILES string of the molecule is CCCN(C)CCCN(C)c1c(C(C)(C)C)c(=S)c1=O. The molecule has 1 aromatic carbocycles. The zero-order valence-electron chi connectivity index (χ0n) is 13.7. The van der Waals surface area contributed by atoms with Gasteiger partial charge in [0.25, 0.3) is 0 Å². The van der Waals surface area contributed by atoms with E-state index in [0.29, 0.717) is 4.51 Å². The number of anilines is 1. The summed E-state index contributed by atoms with van der Waals surface area (Å²) in [6.07, 6.45) is 2.24. The summed E-state index contributed by atoms with van der Waals surface area (Å²) < 4.78 is 0.530. The van der Waals surface area contributed by atoms with Crippen molar-refractivity contribution in [2.24, 2.45) is 0 Å². The summed E-state index contributed by atoms with van der Waals surface area (Å²) in [5.41, 5.74) is 1.89. The van der Waals surface area contributed by atoms with E-state index in [1.165, 1.54) is 6.42 Å². The molecule has 0 saturated carbocycles. The summed E-state index contributed by atoms with van der Waals surface area (Å²) in [5, 5.41) is 0. The van der Waals surface area contributed by atoms with E-state index in [4.69, 9.17) is 12.2 Å². The average molecular weight is 296 g/mol. The van der Waals surface area contributed by atoms with Crippen LogP contribution in [-0.4, -0.2) is 38.6 Å². The second-order valence-electron chi connectivity index (χ2n) is 6.71. The molecule has 0 amide bonds. The zero-order valence-corrected chi connectivity index (χ0v) is 14.6. The Labute approximate surface area is 128 Å². The van der Waals surface area contributed by atoms with Gasteiger partial charge in [0.05, 0.1) is 10.2 Å². The first-order valence-corrected chi connectivity index (χ1v) is 7.84. The first-order chi connectivity index (χ1) is 9.20. The average Bonchev–Trinajstić information content (AvgIpc) is 2.33. The van der Waals surface area contributed by atoms with Gasteiger partial charge in [-0.2, -0.15) is 0 Å². The molecule has 0 bridgehead atoms. The lowest BCUT2D eigenvalue weighted by molar-refractivity contribution is 0.331. The monoisotopic (exact) mass is 296 g/mol. The third-order valence-electron chi connectivity index (χ3n) is 3.66. The van der Waals surface area contributed by atoms with Gasteiger partial charge in [0.2, 0.25) is 5.43 Å². The maximum absolute atomic E-state index is 12.0. The number of hydrogen-bond acceptors (Lipinski definition) is 4. The first-order valence-electron chi connectivity index (χ1n) is 7.43. The summed E-state index contributed by atoms with van der Waals surface area (Å²) in [4.78, 5) is 16.4. The Bertz CT molecular complexity index is 509. The van der Waals surface area contributed by atoms with Crippen molar-refractivity contribution in [1.82, 2.24) is 4.90 Å². The Morgan fingerprint density at radius 1 is 1.10 bits per heavy atom. The van der Waals surface area contributed by atoms with Crippen LogP contribution in [0.5, 0.6) is 0 Å². The standard InChI is InChI=1S/C16H28N2OS/c1-7-9-17(5)10-8-11-18(6)13-12(16(2,3)4)15(20)14(13)19/h7-11H2,1-6H3. The molecular formula is C16H28N2OS. The third-order valence-corrected chi connectivity index (χ3v) is 4.05. The minimum atomic E-state index is -0.0480. The molecule has 0 spiro atoms. The van der Waals surface area contributed by atoms with Crippen molar-refractivity contribution in [3.8, 4) is 0 Å². The number of hydrogen-bond donors (Lipinski definition) is 0. The fourth-order valence-electron chi connectivity index (χ4n) is 2.62. The molecular weight excluding hydrogens is 268 g/mol. The van der Waals surface area contributed by atoms with Crippen LogP contribution in [-0.2, 0) is 5.41 Å². The molecule has 3 nitrogen and oxygen atoms in total. The summed E-state index contributed by atoms with van der Waals surface area (Å²) in [7, 11) is 4.15. The van der Waals surface area contributed by atoms with Crippen molar-refractivity contribution in [3.63, 3.8) is 0 Å². The molecule has 0 N–H and O–H groups in total. The Kier molecular flexibility index (Phi) is 5.90. The van der Waals surface area contributed by atoms with Crippen molar-refractivity contribution in [2.45, 2.75) is 46.0 Å². The normalized spacial score (nSPS) is 12.3. The summed E-state index contributed by atoms with van der Waals surface area (Å²) in [6.45, 7) is 11.6. The summed E-state index contributed by atoms with van der Waals surface area (Å²) in [6, 6.07) is 0. The molecule has 0 radical (unpaired) electrons. The minimum absolute atomic E-state index is 0.0480. The number of rotatable bonds is 7. The molecule has 0 heterocycles. The predicted octanol–water partition coefficient (Wildman–Crippen LogP) is 3.12. The first kappa shape index (κ1) is 17.3. The Morgan fingerprint density at radius 3 is 2.20 bits per heavy atom. The van der Waals surface area contributed by atoms with E-state index in [1.54, 1.807) is 0 Å². The molecule has 114 valence electrons. The topological polar surface area (TPSA) is 23.6 Å². The Hall–Kier alpha value is -0.740. The van der Waals surface area contributed by atoms with Gasteiger partial charge in [-0.15, -0.1) is 0 Å². The second kappa shape index (κ2) is 6.81. The van der Waals surface area contributed by atoms with E-state index in [-0.39, 0.29) is 10.8 Å². The van der Waals surface area contributed by atoms with Crippen molar-refractivity contribution in [1.29, 1.82) is 0 Å². The van der Waals surface area contributed by atoms with Gasteiger partial charge in [0, 0.05) is 19.2 Å². The lowest BCUT2D eigenvalue weighted by Gasteiger charge is -2.31. The van der Waals surface area contributed by atoms with Crippen molar-refractivity contribution < 1.29 is 0 Å². The zero-order chi connectivity index (χ0) is 15.5. The highest BCUT2D eigenvalue weighted by molar-refractivity contribution is 7.71. The highest BCUT2D eigenvalue weighted by Crippen LogP contribution is 2.32. The van der Waals surface area contributed by atoms with Gasteiger partial charge < -0.3 is 9.80 Å². The van der Waals surface area contributed by atoms with Crippen LogP contribution in [0.3, 0.4) is 0 Å². The lowest BCUT2D eigenvalue weighted by atomic mass is 9.82. The van der Waals surface area contributed by atoms with Crippen LogP contribution in [0.4, 0.5) is 5.69 Å². The highest BCUT2D eigenvalue weighted by Gasteiger charge is 2.29. The van der Waals surface area contributed by atoms with Crippen LogP contribution in [0.25, 0.3) is 0 Å². The number of nitrogens with zero attached hydrogens (tertiary/aromatic N) is 2. The molecule has 0 unspecified atom stereocenters. The molecule has 0 aliphatic heterocycles. The molecule has 0 aliphatic rings. The molecule has 0 atom stereocenters. The smallest absolute Gasteiger partial charge is 0.220 e. The van der Waals surface area contributed by atoms with Gasteiger partial charge in [-0.1, -0.05) is 39.9 Å². The Balaban J connectivity index is 2.66. The fourth-order valence-corrected chi connectivity index (χ4v) is 3.12. The quantitative estimate of drug-likeness (QED) is 0.721. The molecule has 20 heavy (non-hydrogen) atoms. The van der Waals surface area contributed by atoms with Crippen molar-refractivity contribution in [2.75, 3.05) is 38.6 Å². The van der Waals surface area contributed by atoms with Crippen molar-refractivity contribution in [3.05, 3.63) is 20.3 Å². The van der Waals surface area contributed by atoms with Crippen molar-refractivity contribution >= 4 is 17.9 Å². The van der Waals surface area contributed by atoms with Crippen LogP contribution in [0.1, 0.15) is 46.1 Å². The van der Waals surface area contributed by atoms with Crippen LogP contribution >= 0.6 is 12.2 Å². The lowest BCUT2D eigenvalue weighted by Crippen LogP contribution is -2.36. The van der Waals surface area contributed by atoms with E-state index in [9.17, 15) is 4.79 Å². The van der Waals surface area contributed by atoms with Crippen LogP contribution < -0.4 is 10.3 Å². The fraction of sp³-hybridized carbons (Fsp3) is 0.750. The van der Waals surface area contributed by atoms with E-state index in [1.807, 2.05) is 7.05 Å². The van der Waals surface area contributed by atoms with Crippen LogP contribution in [0.2, 0.25) is 0 Å². The molecule has 1 rings (SSSR count). The molecule has 0 aromatic heterocycles. The summed E-state index contributed by atoms with van der Waals surface area (Å²) >= 11 is 5.22. The van der Waals surface area contributed by atoms with Crippen LogP contribution in [0.15, 0.2) is 4.79 Å². The molecule has 4 heteroatoms. The predicted molar refractivity (Wildman–Crippen MR) is 90.3 cm³/mol. The maximum Gasteiger partial charge on any atom is 0.220 e. The Morgan fingerprint density at radius 2 is 1.70 bits per heavy atom. The van der Waals surface area contributed by atoms with Gasteiger partial charge in [-0.05, 0) is 38.4 Å². The van der Waals surface area contributed by atoms with Gasteiger partial charge in [-0.25, -0.2) is 0 Å². The van der Waals surface area contributed by atoms with Gasteiger partial charge in [0.15, 0.2) is 0 Å².